The molecule has 1 fully saturated rings. The van der Waals surface area contributed by atoms with Gasteiger partial charge in [-0.15, -0.1) is 0 Å². The fraction of sp³-hybridized carbons (Fsp3) is 0.455. The van der Waals surface area contributed by atoms with Crippen molar-refractivity contribution < 1.29 is 4.57 Å². The number of hydrogen-bond donors (Lipinski definition) is 1. The van der Waals surface area contributed by atoms with Gasteiger partial charge < -0.3 is 4.90 Å². The Labute approximate surface area is 158 Å². The molecular formula is C22H31N2OP. The fourth-order valence-corrected chi connectivity index (χ4v) is 6.26. The minimum absolute atomic E-state index is 0.194. The fourth-order valence-electron chi connectivity index (χ4n) is 3.63. The summed E-state index contributed by atoms with van der Waals surface area (Å²) in [5.74, 6) is 0.415. The van der Waals surface area contributed by atoms with Crippen molar-refractivity contribution in [3.05, 3.63) is 60.7 Å². The summed E-state index contributed by atoms with van der Waals surface area (Å²) in [5, 5.41) is 5.39. The molecule has 0 spiro atoms. The van der Waals surface area contributed by atoms with E-state index in [-0.39, 0.29) is 6.04 Å². The monoisotopic (exact) mass is 370 g/mol. The van der Waals surface area contributed by atoms with Crippen molar-refractivity contribution in [2.45, 2.75) is 39.2 Å². The van der Waals surface area contributed by atoms with Gasteiger partial charge in [0.05, 0.1) is 0 Å². The number of hydrogen-bond acceptors (Lipinski definition) is 2. The number of benzene rings is 2. The van der Waals surface area contributed by atoms with E-state index >= 15 is 0 Å². The lowest BCUT2D eigenvalue weighted by atomic mass is 10.0. The molecule has 3 rings (SSSR count). The first-order valence-electron chi connectivity index (χ1n) is 9.81. The van der Waals surface area contributed by atoms with Gasteiger partial charge in [0.2, 0.25) is 7.29 Å². The number of nitrogens with zero attached hydrogens (tertiary/aromatic N) is 1. The van der Waals surface area contributed by atoms with Crippen LogP contribution < -0.4 is 15.7 Å². The molecule has 0 amide bonds. The molecule has 1 aliphatic rings. The summed E-state index contributed by atoms with van der Waals surface area (Å²) >= 11 is 0. The second-order valence-electron chi connectivity index (χ2n) is 7.62. The van der Waals surface area contributed by atoms with Crippen LogP contribution in [0.15, 0.2) is 60.7 Å². The van der Waals surface area contributed by atoms with E-state index in [9.17, 15) is 4.57 Å². The van der Waals surface area contributed by atoms with Gasteiger partial charge in [0.1, 0.15) is 0 Å². The molecule has 2 aromatic rings. The first kappa shape index (κ1) is 19.4. The van der Waals surface area contributed by atoms with Crippen LogP contribution in [0.1, 0.15) is 33.1 Å². The number of nitrogens with one attached hydrogen (secondary N) is 1. The molecule has 1 unspecified atom stereocenters. The maximum atomic E-state index is 14.2. The first-order chi connectivity index (χ1) is 12.6. The van der Waals surface area contributed by atoms with Crippen LogP contribution in [-0.2, 0) is 4.57 Å². The predicted octanol–water partition coefficient (Wildman–Crippen LogP) is 4.02. The average Bonchev–Trinajstić information content (AvgIpc) is 2.69. The lowest BCUT2D eigenvalue weighted by Crippen LogP contribution is -2.47. The van der Waals surface area contributed by atoms with Gasteiger partial charge in [0, 0.05) is 23.2 Å². The maximum Gasteiger partial charge on any atom is 0.204 e. The van der Waals surface area contributed by atoms with E-state index in [1.54, 1.807) is 0 Å². The summed E-state index contributed by atoms with van der Waals surface area (Å²) < 4.78 is 14.2. The van der Waals surface area contributed by atoms with Crippen molar-refractivity contribution in [3.8, 4) is 0 Å². The third-order valence-corrected chi connectivity index (χ3v) is 8.04. The summed E-state index contributed by atoms with van der Waals surface area (Å²) in [6, 6.07) is 20.0. The van der Waals surface area contributed by atoms with Crippen LogP contribution >= 0.6 is 7.29 Å². The average molecular weight is 370 g/mol. The molecule has 1 saturated heterocycles. The van der Waals surface area contributed by atoms with E-state index in [0.717, 1.165) is 30.2 Å². The van der Waals surface area contributed by atoms with Crippen molar-refractivity contribution in [1.82, 2.24) is 9.99 Å². The number of likely N-dealkylation sites (tertiary alicyclic amines) is 1. The van der Waals surface area contributed by atoms with Gasteiger partial charge in [-0.1, -0.05) is 56.7 Å². The topological polar surface area (TPSA) is 32.3 Å². The molecule has 1 N–H and O–H groups in total. The van der Waals surface area contributed by atoms with Crippen LogP contribution in [0.25, 0.3) is 0 Å². The molecule has 140 valence electrons. The molecule has 1 aliphatic heterocycles. The Hall–Kier alpha value is -1.41. The van der Waals surface area contributed by atoms with Crippen molar-refractivity contribution in [1.29, 1.82) is 0 Å². The minimum Gasteiger partial charge on any atom is -0.302 e. The highest BCUT2D eigenvalue weighted by Crippen LogP contribution is 2.40. The molecule has 0 aromatic heterocycles. The van der Waals surface area contributed by atoms with Crippen LogP contribution in [0, 0.1) is 5.92 Å². The summed E-state index contributed by atoms with van der Waals surface area (Å²) in [4.78, 5) is 2.53. The van der Waals surface area contributed by atoms with Crippen LogP contribution in [0.3, 0.4) is 0 Å². The Bertz CT molecular complexity index is 668. The lowest BCUT2D eigenvalue weighted by molar-refractivity contribution is 0.197. The molecule has 0 saturated carbocycles. The predicted molar refractivity (Wildman–Crippen MR) is 112 cm³/mol. The van der Waals surface area contributed by atoms with E-state index in [1.807, 2.05) is 60.7 Å². The molecule has 1 atom stereocenters. The van der Waals surface area contributed by atoms with Crippen molar-refractivity contribution >= 4 is 17.9 Å². The highest BCUT2D eigenvalue weighted by atomic mass is 31.2. The van der Waals surface area contributed by atoms with E-state index in [0.29, 0.717) is 5.92 Å². The van der Waals surface area contributed by atoms with Crippen molar-refractivity contribution in [2.75, 3.05) is 19.6 Å². The third kappa shape index (κ3) is 4.65. The van der Waals surface area contributed by atoms with Gasteiger partial charge in [-0.25, -0.2) is 0 Å². The highest BCUT2D eigenvalue weighted by molar-refractivity contribution is 7.76. The van der Waals surface area contributed by atoms with Gasteiger partial charge in [-0.05, 0) is 56.1 Å². The molecule has 4 heteroatoms. The Morgan fingerprint density at radius 3 is 1.85 bits per heavy atom. The van der Waals surface area contributed by atoms with Crippen molar-refractivity contribution in [3.63, 3.8) is 0 Å². The highest BCUT2D eigenvalue weighted by Gasteiger charge is 2.32. The molecule has 2 aromatic carbocycles. The Kier molecular flexibility index (Phi) is 6.69. The molecule has 0 radical (unpaired) electrons. The standard InChI is InChI=1S/C22H31N2OP/c1-19(2)22(18-24-16-10-5-11-17-24)23-26(25,20-12-6-3-7-13-20)21-14-8-4-9-15-21/h3-4,6-9,12-15,19,22H,5,10-11,16-18H2,1-2H3,(H,23,25). The summed E-state index contributed by atoms with van der Waals surface area (Å²) in [6.07, 6.45) is 3.89. The van der Waals surface area contributed by atoms with E-state index in [2.05, 4.69) is 23.8 Å². The van der Waals surface area contributed by atoms with Gasteiger partial charge in [0.25, 0.3) is 0 Å². The van der Waals surface area contributed by atoms with Gasteiger partial charge >= 0.3 is 0 Å². The van der Waals surface area contributed by atoms with E-state index in [4.69, 9.17) is 0 Å². The van der Waals surface area contributed by atoms with Gasteiger partial charge in [0.15, 0.2) is 0 Å². The quantitative estimate of drug-likeness (QED) is 0.748. The zero-order valence-electron chi connectivity index (χ0n) is 16.0. The zero-order chi connectivity index (χ0) is 18.4. The molecular weight excluding hydrogens is 339 g/mol. The molecule has 0 aliphatic carbocycles. The maximum absolute atomic E-state index is 14.2. The summed E-state index contributed by atoms with van der Waals surface area (Å²) in [7, 11) is -2.88. The Morgan fingerprint density at radius 1 is 0.885 bits per heavy atom. The lowest BCUT2D eigenvalue weighted by Gasteiger charge is -2.35. The summed E-state index contributed by atoms with van der Waals surface area (Å²) in [6.45, 7) is 7.73. The van der Waals surface area contributed by atoms with E-state index < -0.39 is 7.29 Å². The van der Waals surface area contributed by atoms with E-state index in [1.165, 1.54) is 19.3 Å². The minimum atomic E-state index is -2.88. The summed E-state index contributed by atoms with van der Waals surface area (Å²) in [5.41, 5.74) is 0. The SMILES string of the molecule is CC(C)C(CN1CCCCC1)NP(=O)(c1ccccc1)c1ccccc1. The largest absolute Gasteiger partial charge is 0.302 e. The second-order valence-corrected chi connectivity index (χ2v) is 10.1. The van der Waals surface area contributed by atoms with Crippen LogP contribution in [-0.4, -0.2) is 30.6 Å². The van der Waals surface area contributed by atoms with Crippen LogP contribution in [0.2, 0.25) is 0 Å². The van der Waals surface area contributed by atoms with Gasteiger partial charge in [-0.2, -0.15) is 0 Å². The molecule has 26 heavy (non-hydrogen) atoms. The first-order valence-corrected chi connectivity index (χ1v) is 11.5. The van der Waals surface area contributed by atoms with Crippen molar-refractivity contribution in [2.24, 2.45) is 5.92 Å². The molecule has 3 nitrogen and oxygen atoms in total. The smallest absolute Gasteiger partial charge is 0.204 e. The third-order valence-electron chi connectivity index (χ3n) is 5.30. The van der Waals surface area contributed by atoms with Gasteiger partial charge in [-0.3, -0.25) is 9.65 Å². The number of rotatable bonds is 7. The van der Waals surface area contributed by atoms with Crippen LogP contribution in [0.4, 0.5) is 0 Å². The Balaban J connectivity index is 1.89. The number of piperidine rings is 1. The van der Waals surface area contributed by atoms with Crippen LogP contribution in [0.5, 0.6) is 0 Å². The Morgan fingerprint density at radius 2 is 1.38 bits per heavy atom. The molecule has 1 heterocycles. The second kappa shape index (κ2) is 8.99. The molecule has 0 bridgehead atoms. The normalized spacial score (nSPS) is 17.3. The zero-order valence-corrected chi connectivity index (χ0v) is 16.9.